The Morgan fingerprint density at radius 1 is 1.00 bits per heavy atom. The number of likely N-dealkylation sites (N-methyl/N-ethyl adjacent to an activating group) is 1. The highest BCUT2D eigenvalue weighted by molar-refractivity contribution is 7.89. The van der Waals surface area contributed by atoms with Crippen molar-refractivity contribution in [1.82, 2.24) is 14.5 Å². The lowest BCUT2D eigenvalue weighted by Gasteiger charge is -2.36. The Morgan fingerprint density at radius 2 is 1.60 bits per heavy atom. The highest BCUT2D eigenvalue weighted by Crippen LogP contribution is 2.30. The average Bonchev–Trinajstić information content (AvgIpc) is 2.73. The monoisotopic (exact) mass is 436 g/mol. The lowest BCUT2D eigenvalue weighted by atomic mass is 9.81. The predicted octanol–water partition coefficient (Wildman–Crippen LogP) is 1.50. The zero-order valence-corrected chi connectivity index (χ0v) is 18.6. The van der Waals surface area contributed by atoms with Gasteiger partial charge >= 0.3 is 0 Å². The van der Waals surface area contributed by atoms with Crippen LogP contribution in [0.3, 0.4) is 0 Å². The molecule has 8 nitrogen and oxygen atoms in total. The van der Waals surface area contributed by atoms with Crippen LogP contribution in [0.4, 0.5) is 5.69 Å². The number of carbonyl (C=O) groups excluding carboxylic acids is 2. The minimum atomic E-state index is -3.60. The van der Waals surface area contributed by atoms with Crippen molar-refractivity contribution < 1.29 is 18.0 Å². The third kappa shape index (κ3) is 6.02. The first-order valence-electron chi connectivity index (χ1n) is 10.6. The van der Waals surface area contributed by atoms with Crippen molar-refractivity contribution in [3.05, 3.63) is 24.3 Å². The lowest BCUT2D eigenvalue weighted by molar-refractivity contribution is -0.138. The van der Waals surface area contributed by atoms with Crippen molar-refractivity contribution in [2.24, 2.45) is 11.8 Å². The number of rotatable bonds is 6. The maximum absolute atomic E-state index is 12.7. The number of hydrogen-bond acceptors (Lipinski definition) is 5. The average molecular weight is 437 g/mol. The van der Waals surface area contributed by atoms with Crippen LogP contribution in [-0.4, -0.2) is 69.8 Å². The summed E-state index contributed by atoms with van der Waals surface area (Å²) in [5.74, 6) is 0.379. The number of amides is 2. The Bertz CT molecular complexity index is 840. The van der Waals surface area contributed by atoms with Crippen LogP contribution in [-0.2, 0) is 19.6 Å². The summed E-state index contributed by atoms with van der Waals surface area (Å²) in [5.41, 5.74) is 0.560. The Balaban J connectivity index is 1.45. The van der Waals surface area contributed by atoms with Gasteiger partial charge < -0.3 is 15.1 Å². The minimum absolute atomic E-state index is 0.0718. The maximum atomic E-state index is 12.7. The van der Waals surface area contributed by atoms with Gasteiger partial charge in [0.1, 0.15) is 0 Å². The molecule has 1 aliphatic heterocycles. The number of hydrogen-bond donors (Lipinski definition) is 2. The molecule has 0 radical (unpaired) electrons. The largest absolute Gasteiger partial charge is 0.340 e. The van der Waals surface area contributed by atoms with E-state index in [2.05, 4.69) is 22.0 Å². The molecule has 30 heavy (non-hydrogen) atoms. The second-order valence-corrected chi connectivity index (χ2v) is 10.2. The lowest BCUT2D eigenvalue weighted by Crippen LogP contribution is -2.49. The molecule has 1 aliphatic carbocycles. The summed E-state index contributed by atoms with van der Waals surface area (Å²) in [6.45, 7) is 5.24. The van der Waals surface area contributed by atoms with E-state index in [0.717, 1.165) is 51.9 Å². The van der Waals surface area contributed by atoms with E-state index in [-0.39, 0.29) is 28.5 Å². The summed E-state index contributed by atoms with van der Waals surface area (Å²) in [6, 6.07) is 6.12. The van der Waals surface area contributed by atoms with Crippen LogP contribution in [0.25, 0.3) is 0 Å². The van der Waals surface area contributed by atoms with E-state index >= 15 is 0 Å². The Kier molecular flexibility index (Phi) is 7.49. The third-order valence-electron chi connectivity index (χ3n) is 6.06. The van der Waals surface area contributed by atoms with Crippen LogP contribution in [0.1, 0.15) is 32.6 Å². The van der Waals surface area contributed by atoms with Gasteiger partial charge in [-0.3, -0.25) is 9.59 Å². The molecule has 0 atom stereocenters. The molecule has 1 saturated heterocycles. The maximum Gasteiger partial charge on any atom is 0.240 e. The number of nitrogens with one attached hydrogen (secondary N) is 2. The highest BCUT2D eigenvalue weighted by Gasteiger charge is 2.31. The summed E-state index contributed by atoms with van der Waals surface area (Å²) in [6.07, 6.45) is 3.36. The summed E-state index contributed by atoms with van der Waals surface area (Å²) < 4.78 is 27.8. The number of piperazine rings is 1. The first-order chi connectivity index (χ1) is 14.2. The second kappa shape index (κ2) is 9.89. The van der Waals surface area contributed by atoms with E-state index in [0.29, 0.717) is 12.2 Å². The summed E-state index contributed by atoms with van der Waals surface area (Å²) in [4.78, 5) is 28.2. The van der Waals surface area contributed by atoms with E-state index in [1.165, 1.54) is 19.1 Å². The summed E-state index contributed by atoms with van der Waals surface area (Å²) in [5, 5.41) is 2.62. The van der Waals surface area contributed by atoms with Gasteiger partial charge in [-0.05, 0) is 62.9 Å². The Hall–Kier alpha value is -1.97. The molecule has 9 heteroatoms. The Morgan fingerprint density at radius 3 is 2.17 bits per heavy atom. The van der Waals surface area contributed by atoms with Gasteiger partial charge in [0.2, 0.25) is 21.8 Å². The van der Waals surface area contributed by atoms with Gasteiger partial charge in [-0.25, -0.2) is 13.1 Å². The molecule has 0 spiro atoms. The van der Waals surface area contributed by atoms with Crippen LogP contribution in [0.5, 0.6) is 0 Å². The Labute approximate surface area is 179 Å². The molecule has 0 bridgehead atoms. The van der Waals surface area contributed by atoms with Gasteiger partial charge in [-0.1, -0.05) is 0 Å². The van der Waals surface area contributed by atoms with Crippen molar-refractivity contribution >= 4 is 27.5 Å². The molecule has 2 N–H and O–H groups in total. The van der Waals surface area contributed by atoms with Gasteiger partial charge in [-0.2, -0.15) is 0 Å². The summed E-state index contributed by atoms with van der Waals surface area (Å²) in [7, 11) is -1.52. The minimum Gasteiger partial charge on any atom is -0.340 e. The molecule has 2 aliphatic rings. The van der Waals surface area contributed by atoms with Crippen molar-refractivity contribution in [3.63, 3.8) is 0 Å². The number of nitrogens with zero attached hydrogens (tertiary/aromatic N) is 2. The number of benzene rings is 1. The van der Waals surface area contributed by atoms with Crippen molar-refractivity contribution in [2.45, 2.75) is 37.5 Å². The molecule has 1 saturated carbocycles. The zero-order chi connectivity index (χ0) is 21.7. The number of anilines is 1. The highest BCUT2D eigenvalue weighted by atomic mass is 32.2. The second-order valence-electron chi connectivity index (χ2n) is 8.40. The zero-order valence-electron chi connectivity index (χ0n) is 17.8. The molecule has 0 unspecified atom stereocenters. The fourth-order valence-corrected chi connectivity index (χ4v) is 5.25. The van der Waals surface area contributed by atoms with E-state index in [4.69, 9.17) is 0 Å². The molecular weight excluding hydrogens is 404 g/mol. The van der Waals surface area contributed by atoms with E-state index in [1.807, 2.05) is 4.90 Å². The topological polar surface area (TPSA) is 98.8 Å². The van der Waals surface area contributed by atoms with Gasteiger partial charge in [0.25, 0.3) is 0 Å². The smallest absolute Gasteiger partial charge is 0.240 e. The fraction of sp³-hybridized carbons (Fsp3) is 0.619. The molecule has 1 aromatic rings. The predicted molar refractivity (Wildman–Crippen MR) is 115 cm³/mol. The van der Waals surface area contributed by atoms with Crippen LogP contribution in [0.15, 0.2) is 29.2 Å². The number of carbonyl (C=O) groups is 2. The van der Waals surface area contributed by atoms with Gasteiger partial charge in [0, 0.05) is 51.3 Å². The SMILES string of the molecule is CC(=O)Nc1ccc(S(=O)(=O)NCC2CCC(C(=O)N3CCN(C)CC3)CC2)cc1. The van der Waals surface area contributed by atoms with Gasteiger partial charge in [-0.15, -0.1) is 0 Å². The van der Waals surface area contributed by atoms with Crippen LogP contribution in [0, 0.1) is 11.8 Å². The molecule has 2 amide bonds. The van der Waals surface area contributed by atoms with Crippen molar-refractivity contribution in [2.75, 3.05) is 45.1 Å². The fourth-order valence-electron chi connectivity index (χ4n) is 4.13. The molecule has 1 heterocycles. The first-order valence-corrected chi connectivity index (χ1v) is 12.1. The van der Waals surface area contributed by atoms with E-state index in [1.54, 1.807) is 12.1 Å². The first kappa shape index (κ1) is 22.7. The van der Waals surface area contributed by atoms with Crippen LogP contribution >= 0.6 is 0 Å². The quantitative estimate of drug-likeness (QED) is 0.704. The summed E-state index contributed by atoms with van der Waals surface area (Å²) >= 11 is 0. The standard InChI is InChI=1S/C21H32N4O4S/c1-16(26)23-19-7-9-20(10-8-19)30(28,29)22-15-17-3-5-18(6-4-17)21(27)25-13-11-24(2)12-14-25/h7-10,17-18,22H,3-6,11-15H2,1-2H3,(H,23,26). The number of sulfonamides is 1. The third-order valence-corrected chi connectivity index (χ3v) is 7.50. The normalized spacial score (nSPS) is 23.2. The molecule has 1 aromatic carbocycles. The van der Waals surface area contributed by atoms with Crippen LogP contribution in [0.2, 0.25) is 0 Å². The molecular formula is C21H32N4O4S. The molecule has 166 valence electrons. The molecule has 0 aromatic heterocycles. The van der Waals surface area contributed by atoms with Crippen molar-refractivity contribution in [1.29, 1.82) is 0 Å². The van der Waals surface area contributed by atoms with E-state index < -0.39 is 10.0 Å². The molecule has 3 rings (SSSR count). The van der Waals surface area contributed by atoms with Gasteiger partial charge in [0.15, 0.2) is 0 Å². The van der Waals surface area contributed by atoms with Crippen LogP contribution < -0.4 is 10.0 Å². The molecule has 2 fully saturated rings. The van der Waals surface area contributed by atoms with Crippen molar-refractivity contribution in [3.8, 4) is 0 Å². The van der Waals surface area contributed by atoms with E-state index in [9.17, 15) is 18.0 Å². The van der Waals surface area contributed by atoms with Gasteiger partial charge in [0.05, 0.1) is 4.90 Å².